The summed E-state index contributed by atoms with van der Waals surface area (Å²) in [5, 5.41) is 3.84. The molecule has 0 bridgehead atoms. The fourth-order valence-electron chi connectivity index (χ4n) is 11.2. The van der Waals surface area contributed by atoms with E-state index in [4.69, 9.17) is 31.1 Å². The Morgan fingerprint density at radius 1 is 1.18 bits per heavy atom. The van der Waals surface area contributed by atoms with Gasteiger partial charge in [0.1, 0.15) is 6.23 Å². The molecule has 1 aromatic rings. The summed E-state index contributed by atoms with van der Waals surface area (Å²) in [6.07, 6.45) is 15.6. The highest BCUT2D eigenvalue weighted by molar-refractivity contribution is 8.07. The van der Waals surface area contributed by atoms with Crippen molar-refractivity contribution in [2.24, 2.45) is 51.5 Å². The molecule has 278 valence electrons. The van der Waals surface area contributed by atoms with E-state index in [1.807, 2.05) is 0 Å². The predicted molar refractivity (Wildman–Crippen MR) is 198 cm³/mol. The highest BCUT2D eigenvalue weighted by Crippen LogP contribution is 2.67. The Labute approximate surface area is 301 Å². The summed E-state index contributed by atoms with van der Waals surface area (Å²) in [5.41, 5.74) is 10.5. The van der Waals surface area contributed by atoms with E-state index in [9.17, 15) is 14.5 Å². The molecular weight excluding hydrogens is 673 g/mol. The van der Waals surface area contributed by atoms with Crippen molar-refractivity contribution in [3.05, 3.63) is 54.7 Å². The predicted octanol–water partition coefficient (Wildman–Crippen LogP) is 8.47. The van der Waals surface area contributed by atoms with Crippen LogP contribution in [0.15, 0.2) is 32.5 Å². The molecule has 4 aliphatic carbocycles. The fraction of sp³-hybridized carbons (Fsp3) is 0.838. The number of ether oxygens (including phenoxy) is 1. The zero-order chi connectivity index (χ0) is 36.0. The van der Waals surface area contributed by atoms with Crippen LogP contribution in [0.3, 0.4) is 0 Å². The largest absolute Gasteiger partial charge is 0.352 e. The molecule has 0 aromatic carbocycles. The van der Waals surface area contributed by atoms with E-state index in [0.717, 1.165) is 55.3 Å². The van der Waals surface area contributed by atoms with Crippen LogP contribution in [0, 0.1) is 53.3 Å². The summed E-state index contributed by atoms with van der Waals surface area (Å²) in [5.74, 6) is 4.67. The van der Waals surface area contributed by atoms with Gasteiger partial charge in [-0.25, -0.2) is 4.79 Å². The Morgan fingerprint density at radius 3 is 2.70 bits per heavy atom. The number of hydrogen-bond acceptors (Lipinski definition) is 7. The zero-order valence-electron chi connectivity index (χ0n) is 30.8. The van der Waals surface area contributed by atoms with E-state index < -0.39 is 36.3 Å². The summed E-state index contributed by atoms with van der Waals surface area (Å²) in [7, 11) is 0. The summed E-state index contributed by atoms with van der Waals surface area (Å²) in [4.78, 5) is 40.7. The molecule has 12 atom stereocenters. The number of azide groups is 1. The van der Waals surface area contributed by atoms with Crippen molar-refractivity contribution in [1.82, 2.24) is 9.55 Å². The van der Waals surface area contributed by atoms with Crippen LogP contribution in [0.1, 0.15) is 123 Å². The molecule has 1 aliphatic heterocycles. The Kier molecular flexibility index (Phi) is 11.3. The molecule has 6 rings (SSSR count). The molecule has 0 spiro atoms. The van der Waals surface area contributed by atoms with Gasteiger partial charge in [-0.2, -0.15) is 0 Å². The van der Waals surface area contributed by atoms with Crippen LogP contribution in [0.2, 0.25) is 0 Å². The third-order valence-corrected chi connectivity index (χ3v) is 15.4. The summed E-state index contributed by atoms with van der Waals surface area (Å²) >= 11 is 5.49. The molecule has 11 nitrogen and oxygen atoms in total. The van der Waals surface area contributed by atoms with Crippen LogP contribution < -0.4 is 11.2 Å². The van der Waals surface area contributed by atoms with Gasteiger partial charge in [0.15, 0.2) is 0 Å². The second-order valence-corrected chi connectivity index (χ2v) is 19.9. The third-order valence-electron chi connectivity index (χ3n) is 13.8. The number of aryl methyl sites for hydroxylation is 1. The lowest BCUT2D eigenvalue weighted by molar-refractivity contribution is -0.0574. The Bertz CT molecular complexity index is 1660. The number of rotatable bonds is 12. The lowest BCUT2D eigenvalue weighted by Crippen LogP contribution is -2.51. The minimum Gasteiger partial charge on any atom is -0.352 e. The molecule has 1 unspecified atom stereocenters. The van der Waals surface area contributed by atoms with Gasteiger partial charge in [-0.1, -0.05) is 70.6 Å². The number of aromatic nitrogens is 2. The maximum absolute atomic E-state index is 12.5. The number of fused-ring (bicyclic) bond motifs is 5. The number of hydrogen-bond donors (Lipinski definition) is 2. The van der Waals surface area contributed by atoms with Gasteiger partial charge >= 0.3 is 12.4 Å². The average Bonchev–Trinajstić information content (AvgIpc) is 3.62. The van der Waals surface area contributed by atoms with Crippen molar-refractivity contribution >= 4 is 18.5 Å². The molecule has 0 radical (unpaired) electrons. The summed E-state index contributed by atoms with van der Waals surface area (Å²) < 4.78 is 19.3. The smallest absolute Gasteiger partial charge is 0.330 e. The van der Waals surface area contributed by atoms with Crippen LogP contribution >= 0.6 is 6.72 Å². The second-order valence-electron chi connectivity index (χ2n) is 17.1. The number of nitrogens with one attached hydrogen (secondary N) is 1. The van der Waals surface area contributed by atoms with Gasteiger partial charge in [-0.15, -0.1) is 0 Å². The minimum absolute atomic E-state index is 0.150. The first kappa shape index (κ1) is 38.0. The van der Waals surface area contributed by atoms with Crippen molar-refractivity contribution in [3.63, 3.8) is 0 Å². The molecule has 3 saturated carbocycles. The topological polar surface area (TPSA) is 152 Å². The summed E-state index contributed by atoms with van der Waals surface area (Å²) in [6, 6.07) is -0.657. The van der Waals surface area contributed by atoms with E-state index in [1.54, 1.807) is 6.92 Å². The van der Waals surface area contributed by atoms with E-state index in [-0.39, 0.29) is 24.5 Å². The molecule has 5 aliphatic rings. The van der Waals surface area contributed by atoms with Gasteiger partial charge in [0.05, 0.1) is 24.9 Å². The van der Waals surface area contributed by atoms with Crippen molar-refractivity contribution in [2.45, 2.75) is 143 Å². The first-order valence-electron chi connectivity index (χ1n) is 19.0. The van der Waals surface area contributed by atoms with Crippen molar-refractivity contribution in [3.8, 4) is 0 Å². The number of nitrogens with zero attached hydrogens (tertiary/aromatic N) is 4. The van der Waals surface area contributed by atoms with Gasteiger partial charge < -0.3 is 18.7 Å². The van der Waals surface area contributed by atoms with Crippen LogP contribution in [0.4, 0.5) is 0 Å². The monoisotopic (exact) mass is 731 g/mol. The van der Waals surface area contributed by atoms with Crippen LogP contribution in [0.5, 0.6) is 0 Å². The standard InChI is InChI=1S/C37H58N5O6PS/c1-22(2)8-7-9-23(3)28-12-13-29-27-11-10-25-18-26(14-16-36(25,5)30(27)15-17-37(28,29)6)48-49(45,50)46-21-32-31(40-41-38)19-33(47-32)42-20-24(4)34(43)39-35(42)44/h10,20,22-23,26-33H,7-9,11-19,21H2,1-6H3,(H,45,50)(H,39,43,44)/t23-,26+,27+,28-,29+,30+,31+,32-,33-,36+,37-,49?/m1/s1. The van der Waals surface area contributed by atoms with E-state index in [0.29, 0.717) is 16.9 Å². The van der Waals surface area contributed by atoms with Crippen molar-refractivity contribution < 1.29 is 18.7 Å². The fourth-order valence-corrected chi connectivity index (χ4v) is 12.7. The molecular formula is C37H58N5O6PS. The Morgan fingerprint density at radius 2 is 1.96 bits per heavy atom. The normalized spacial score (nSPS) is 38.4. The number of allylic oxidation sites excluding steroid dienone is 1. The Hall–Kier alpha value is -1.78. The van der Waals surface area contributed by atoms with Crippen molar-refractivity contribution in [2.75, 3.05) is 6.61 Å². The Balaban J connectivity index is 1.06. The van der Waals surface area contributed by atoms with Gasteiger partial charge in [0.25, 0.3) is 5.56 Å². The van der Waals surface area contributed by atoms with E-state index >= 15 is 0 Å². The molecule has 1 saturated heterocycles. The molecule has 50 heavy (non-hydrogen) atoms. The zero-order valence-corrected chi connectivity index (χ0v) is 32.5. The highest BCUT2D eigenvalue weighted by Gasteiger charge is 2.59. The first-order valence-corrected chi connectivity index (χ1v) is 21.6. The third kappa shape index (κ3) is 7.50. The van der Waals surface area contributed by atoms with Crippen LogP contribution in [-0.4, -0.2) is 39.3 Å². The van der Waals surface area contributed by atoms with Gasteiger partial charge in [0, 0.05) is 23.1 Å². The molecule has 13 heteroatoms. The lowest BCUT2D eigenvalue weighted by atomic mass is 9.47. The van der Waals surface area contributed by atoms with Gasteiger partial charge in [0.2, 0.25) is 0 Å². The van der Waals surface area contributed by atoms with Crippen LogP contribution in [-0.2, 0) is 25.6 Å². The average molecular weight is 732 g/mol. The molecule has 2 heterocycles. The van der Waals surface area contributed by atoms with Crippen LogP contribution in [0.25, 0.3) is 10.4 Å². The lowest BCUT2D eigenvalue weighted by Gasteiger charge is -2.58. The van der Waals surface area contributed by atoms with Crippen molar-refractivity contribution in [1.29, 1.82) is 0 Å². The summed E-state index contributed by atoms with van der Waals surface area (Å²) in [6.45, 7) is 10.1. The number of aromatic amines is 1. The minimum atomic E-state index is -3.65. The van der Waals surface area contributed by atoms with Gasteiger partial charge in [-0.3, -0.25) is 14.3 Å². The second kappa shape index (κ2) is 14.9. The highest BCUT2D eigenvalue weighted by atomic mass is 32.5. The van der Waals surface area contributed by atoms with E-state index in [1.165, 1.54) is 61.3 Å². The number of H-pyrrole nitrogens is 1. The maximum Gasteiger partial charge on any atom is 0.330 e. The quantitative estimate of drug-likeness (QED) is 0.0719. The van der Waals surface area contributed by atoms with E-state index in [2.05, 4.69) is 55.7 Å². The van der Waals surface area contributed by atoms with Gasteiger partial charge in [-0.05, 0) is 122 Å². The SMILES string of the molecule is Cc1cn([C@H]2C[C@H](N=[N+]=[N-])[C@@H](COP(O)(=S)O[C@H]3CC[C@@]4(C)C(=CC[C@H]5[C@@H]6CC[C@H]([C@H](C)CCCC(C)C)[C@@]6(C)CC[C@@H]54)C3)O2)c(=O)[nH]c1=O. The molecule has 0 amide bonds. The first-order chi connectivity index (χ1) is 23.6. The molecule has 2 N–H and O–H groups in total. The molecule has 1 aromatic heterocycles. The maximum atomic E-state index is 12.5. The molecule has 4 fully saturated rings.